The Kier molecular flexibility index (Phi) is 9.89. The number of nitrogens with zero attached hydrogens (tertiary/aromatic N) is 1. The molecular formula is C22H36N4O4. The maximum atomic E-state index is 12.3. The number of anilines is 1. The summed E-state index contributed by atoms with van der Waals surface area (Å²) in [6, 6.07) is 5.46. The summed E-state index contributed by atoms with van der Waals surface area (Å²) in [5, 5.41) is 8.37. The molecular weight excluding hydrogens is 384 g/mol. The monoisotopic (exact) mass is 420 g/mol. The highest BCUT2D eigenvalue weighted by atomic mass is 16.5. The zero-order chi connectivity index (χ0) is 21.9. The normalized spacial score (nSPS) is 15.5. The highest BCUT2D eigenvalue weighted by molar-refractivity contribution is 5.95. The second-order valence-corrected chi connectivity index (χ2v) is 7.61. The average molecular weight is 421 g/mol. The van der Waals surface area contributed by atoms with E-state index in [9.17, 15) is 9.59 Å². The third-order valence-electron chi connectivity index (χ3n) is 5.62. The van der Waals surface area contributed by atoms with Crippen molar-refractivity contribution in [2.75, 3.05) is 51.8 Å². The molecule has 8 heteroatoms. The molecule has 0 spiro atoms. The number of methoxy groups -OCH3 is 1. The molecule has 1 aliphatic rings. The summed E-state index contributed by atoms with van der Waals surface area (Å²) in [6.45, 7) is 9.96. The van der Waals surface area contributed by atoms with Gasteiger partial charge in [0, 0.05) is 25.7 Å². The van der Waals surface area contributed by atoms with Gasteiger partial charge >= 0.3 is 6.03 Å². The predicted octanol–water partition coefficient (Wildman–Crippen LogP) is 2.38. The van der Waals surface area contributed by atoms with Crippen molar-refractivity contribution in [2.24, 2.45) is 5.92 Å². The number of morpholine rings is 1. The van der Waals surface area contributed by atoms with E-state index >= 15 is 0 Å². The Morgan fingerprint density at radius 2 is 1.87 bits per heavy atom. The zero-order valence-corrected chi connectivity index (χ0v) is 18.6. The Hall–Kier alpha value is -2.32. The van der Waals surface area contributed by atoms with Gasteiger partial charge in [-0.05, 0) is 30.5 Å². The van der Waals surface area contributed by atoms with E-state index in [1.807, 2.05) is 19.1 Å². The number of rotatable bonds is 10. The van der Waals surface area contributed by atoms with Gasteiger partial charge in [0.15, 0.2) is 0 Å². The van der Waals surface area contributed by atoms with E-state index in [1.54, 1.807) is 13.2 Å². The van der Waals surface area contributed by atoms with Gasteiger partial charge in [-0.15, -0.1) is 0 Å². The highest BCUT2D eigenvalue weighted by Gasteiger charge is 2.27. The maximum absolute atomic E-state index is 12.3. The van der Waals surface area contributed by atoms with Gasteiger partial charge in [0.2, 0.25) is 5.91 Å². The molecule has 3 N–H and O–H groups in total. The SMILES string of the molecule is CCC(CC)C(CNC(=O)NCC(=O)Nc1cc(C)ccc1OC)N1CCOCC1. The summed E-state index contributed by atoms with van der Waals surface area (Å²) in [6.07, 6.45) is 2.12. The lowest BCUT2D eigenvalue weighted by Crippen LogP contribution is -2.53. The second kappa shape index (κ2) is 12.4. The minimum Gasteiger partial charge on any atom is -0.495 e. The van der Waals surface area contributed by atoms with Crippen molar-refractivity contribution in [3.63, 3.8) is 0 Å². The fraction of sp³-hybridized carbons (Fsp3) is 0.636. The average Bonchev–Trinajstić information content (AvgIpc) is 2.76. The van der Waals surface area contributed by atoms with Crippen LogP contribution in [0.15, 0.2) is 18.2 Å². The fourth-order valence-electron chi connectivity index (χ4n) is 3.87. The summed E-state index contributed by atoms with van der Waals surface area (Å²) in [7, 11) is 1.55. The Morgan fingerprint density at radius 1 is 1.17 bits per heavy atom. The first-order valence-electron chi connectivity index (χ1n) is 10.8. The van der Waals surface area contributed by atoms with Crippen LogP contribution in [0, 0.1) is 12.8 Å². The highest BCUT2D eigenvalue weighted by Crippen LogP contribution is 2.25. The second-order valence-electron chi connectivity index (χ2n) is 7.61. The van der Waals surface area contributed by atoms with Crippen molar-refractivity contribution in [1.29, 1.82) is 0 Å². The van der Waals surface area contributed by atoms with Gasteiger partial charge in [-0.3, -0.25) is 9.69 Å². The summed E-state index contributed by atoms with van der Waals surface area (Å²) >= 11 is 0. The van der Waals surface area contributed by atoms with E-state index in [0.717, 1.165) is 44.7 Å². The molecule has 1 fully saturated rings. The van der Waals surface area contributed by atoms with Crippen LogP contribution in [0.5, 0.6) is 5.75 Å². The van der Waals surface area contributed by atoms with Crippen molar-refractivity contribution in [3.05, 3.63) is 23.8 Å². The number of benzene rings is 1. The van der Waals surface area contributed by atoms with Crippen LogP contribution >= 0.6 is 0 Å². The van der Waals surface area contributed by atoms with Crippen molar-refractivity contribution in [2.45, 2.75) is 39.7 Å². The standard InChI is InChI=1S/C22H36N4O4/c1-5-17(6-2)19(26-9-11-30-12-10-26)14-23-22(28)24-15-21(27)25-18-13-16(3)7-8-20(18)29-4/h7-8,13,17,19H,5-6,9-12,14-15H2,1-4H3,(H,25,27)(H2,23,24,28). The largest absolute Gasteiger partial charge is 0.495 e. The van der Waals surface area contributed by atoms with Crippen molar-refractivity contribution in [3.8, 4) is 5.75 Å². The number of hydrogen-bond donors (Lipinski definition) is 3. The minimum absolute atomic E-state index is 0.115. The van der Waals surface area contributed by atoms with Crippen molar-refractivity contribution < 1.29 is 19.1 Å². The Bertz CT molecular complexity index is 688. The predicted molar refractivity (Wildman–Crippen MR) is 118 cm³/mol. The number of ether oxygens (including phenoxy) is 2. The summed E-state index contributed by atoms with van der Waals surface area (Å²) in [5.74, 6) is 0.774. The Labute approximate surface area is 179 Å². The zero-order valence-electron chi connectivity index (χ0n) is 18.6. The van der Waals surface area contributed by atoms with Crippen LogP contribution in [0.4, 0.5) is 10.5 Å². The smallest absolute Gasteiger partial charge is 0.315 e. The lowest BCUT2D eigenvalue weighted by atomic mass is 9.92. The molecule has 1 aliphatic heterocycles. The van der Waals surface area contributed by atoms with Gasteiger partial charge in [-0.2, -0.15) is 0 Å². The van der Waals surface area contributed by atoms with E-state index < -0.39 is 0 Å². The topological polar surface area (TPSA) is 91.9 Å². The van der Waals surface area contributed by atoms with Crippen LogP contribution in [0.1, 0.15) is 32.3 Å². The van der Waals surface area contributed by atoms with Gasteiger partial charge in [0.1, 0.15) is 5.75 Å². The molecule has 0 aliphatic carbocycles. The first-order chi connectivity index (χ1) is 14.5. The van der Waals surface area contributed by atoms with Gasteiger partial charge in [0.05, 0.1) is 32.6 Å². The maximum Gasteiger partial charge on any atom is 0.315 e. The molecule has 1 aromatic rings. The third-order valence-corrected chi connectivity index (χ3v) is 5.62. The molecule has 1 unspecified atom stereocenters. The number of amides is 3. The van der Waals surface area contributed by atoms with Gasteiger partial charge < -0.3 is 25.4 Å². The first-order valence-corrected chi connectivity index (χ1v) is 10.8. The molecule has 1 saturated heterocycles. The van der Waals surface area contributed by atoms with Crippen LogP contribution in [0.3, 0.4) is 0 Å². The van der Waals surface area contributed by atoms with E-state index in [4.69, 9.17) is 9.47 Å². The number of urea groups is 1. The van der Waals surface area contributed by atoms with E-state index in [-0.39, 0.29) is 24.5 Å². The third kappa shape index (κ3) is 7.18. The van der Waals surface area contributed by atoms with E-state index in [0.29, 0.717) is 23.9 Å². The van der Waals surface area contributed by atoms with Crippen LogP contribution in [-0.4, -0.2) is 69.4 Å². The lowest BCUT2D eigenvalue weighted by Gasteiger charge is -2.38. The van der Waals surface area contributed by atoms with Crippen molar-refractivity contribution in [1.82, 2.24) is 15.5 Å². The van der Waals surface area contributed by atoms with Gasteiger partial charge in [0.25, 0.3) is 0 Å². The van der Waals surface area contributed by atoms with Gasteiger partial charge in [-0.25, -0.2) is 4.79 Å². The summed E-state index contributed by atoms with van der Waals surface area (Å²) < 4.78 is 10.7. The lowest BCUT2D eigenvalue weighted by molar-refractivity contribution is -0.115. The Balaban J connectivity index is 1.83. The number of hydrogen-bond acceptors (Lipinski definition) is 5. The molecule has 168 valence electrons. The molecule has 1 atom stereocenters. The van der Waals surface area contributed by atoms with E-state index in [1.165, 1.54) is 0 Å². The minimum atomic E-state index is -0.342. The molecule has 3 amide bonds. The molecule has 0 saturated carbocycles. The van der Waals surface area contributed by atoms with Crippen LogP contribution in [-0.2, 0) is 9.53 Å². The van der Waals surface area contributed by atoms with Crippen molar-refractivity contribution >= 4 is 17.6 Å². The fourth-order valence-corrected chi connectivity index (χ4v) is 3.87. The summed E-state index contributed by atoms with van der Waals surface area (Å²) in [5.41, 5.74) is 1.60. The molecule has 8 nitrogen and oxygen atoms in total. The molecule has 0 aromatic heterocycles. The molecule has 2 rings (SSSR count). The van der Waals surface area contributed by atoms with Gasteiger partial charge in [-0.1, -0.05) is 32.8 Å². The molecule has 1 heterocycles. The number of nitrogens with one attached hydrogen (secondary N) is 3. The molecule has 0 bridgehead atoms. The van der Waals surface area contributed by atoms with Crippen LogP contribution in [0.25, 0.3) is 0 Å². The van der Waals surface area contributed by atoms with Crippen LogP contribution in [0.2, 0.25) is 0 Å². The first kappa shape index (κ1) is 24.0. The number of aryl methyl sites for hydroxylation is 1. The molecule has 1 aromatic carbocycles. The number of carbonyl (C=O) groups is 2. The number of carbonyl (C=O) groups excluding carboxylic acids is 2. The Morgan fingerprint density at radius 3 is 2.50 bits per heavy atom. The molecule has 30 heavy (non-hydrogen) atoms. The molecule has 0 radical (unpaired) electrons. The summed E-state index contributed by atoms with van der Waals surface area (Å²) in [4.78, 5) is 26.9. The quantitative estimate of drug-likeness (QED) is 0.541. The van der Waals surface area contributed by atoms with E-state index in [2.05, 4.69) is 34.7 Å². The van der Waals surface area contributed by atoms with Crippen LogP contribution < -0.4 is 20.7 Å².